The topological polar surface area (TPSA) is 86.4 Å². The third-order valence-corrected chi connectivity index (χ3v) is 3.79. The Morgan fingerprint density at radius 1 is 1.45 bits per heavy atom. The first-order valence-electron chi connectivity index (χ1n) is 7.47. The van der Waals surface area contributed by atoms with E-state index in [9.17, 15) is 4.79 Å². The van der Waals surface area contributed by atoms with Crippen LogP contribution < -0.4 is 5.32 Å². The Hall–Kier alpha value is -2.18. The van der Waals surface area contributed by atoms with Crippen molar-refractivity contribution in [1.29, 1.82) is 5.41 Å². The van der Waals surface area contributed by atoms with Crippen LogP contribution in [0, 0.1) is 10.8 Å². The lowest BCUT2D eigenvalue weighted by atomic mass is 9.93. The maximum atomic E-state index is 12.3. The minimum Gasteiger partial charge on any atom is -0.342 e. The Morgan fingerprint density at radius 2 is 2.09 bits per heavy atom. The van der Waals surface area contributed by atoms with Gasteiger partial charge in [0.05, 0.1) is 17.9 Å². The molecule has 1 aliphatic heterocycles. The maximum absolute atomic E-state index is 12.3. The molecule has 7 heteroatoms. The van der Waals surface area contributed by atoms with Gasteiger partial charge < -0.3 is 10.2 Å². The number of piperidine rings is 1. The summed E-state index contributed by atoms with van der Waals surface area (Å²) in [5.41, 5.74) is 0.402. The molecule has 0 saturated carbocycles. The molecule has 0 radical (unpaired) electrons. The second-order valence-electron chi connectivity index (χ2n) is 6.61. The van der Waals surface area contributed by atoms with E-state index in [1.807, 2.05) is 36.5 Å². The Labute approximate surface area is 130 Å². The van der Waals surface area contributed by atoms with E-state index in [2.05, 4.69) is 22.1 Å². The van der Waals surface area contributed by atoms with E-state index in [0.29, 0.717) is 0 Å². The SMILES string of the molecule is C=NC(=N)Nc1cnn(C2CCN(C(=O)C(C)(C)C)CC2)c1. The van der Waals surface area contributed by atoms with E-state index in [-0.39, 0.29) is 23.3 Å². The molecule has 0 unspecified atom stereocenters. The van der Waals surface area contributed by atoms with Crippen molar-refractivity contribution in [1.82, 2.24) is 14.7 Å². The molecule has 1 saturated heterocycles. The fraction of sp³-hybridized carbons (Fsp3) is 0.600. The standard InChI is InChI=1S/C15H24N6O/c1-15(2,3)13(22)20-7-5-12(6-8-20)21-10-11(9-18-21)19-14(16)17-4/h9-10,12H,4-8H2,1-3H3,(H2,16,19). The van der Waals surface area contributed by atoms with Gasteiger partial charge in [0, 0.05) is 24.7 Å². The maximum Gasteiger partial charge on any atom is 0.227 e. The van der Waals surface area contributed by atoms with Gasteiger partial charge in [0.1, 0.15) is 0 Å². The molecule has 2 heterocycles. The van der Waals surface area contributed by atoms with Crippen molar-refractivity contribution in [2.45, 2.75) is 39.7 Å². The molecule has 2 rings (SSSR count). The van der Waals surface area contributed by atoms with Crippen molar-refractivity contribution < 1.29 is 4.79 Å². The molecule has 7 nitrogen and oxygen atoms in total. The van der Waals surface area contributed by atoms with Crippen molar-refractivity contribution in [2.75, 3.05) is 18.4 Å². The molecule has 0 spiro atoms. The average molecular weight is 304 g/mol. The first-order valence-corrected chi connectivity index (χ1v) is 7.47. The number of aromatic nitrogens is 2. The molecule has 1 aromatic heterocycles. The summed E-state index contributed by atoms with van der Waals surface area (Å²) in [7, 11) is 0. The van der Waals surface area contributed by atoms with Crippen LogP contribution >= 0.6 is 0 Å². The molecule has 120 valence electrons. The molecular formula is C15H24N6O. The third-order valence-electron chi connectivity index (χ3n) is 3.79. The number of carbonyl (C=O) groups excluding carboxylic acids is 1. The lowest BCUT2D eigenvalue weighted by Gasteiger charge is -2.35. The van der Waals surface area contributed by atoms with Crippen LogP contribution in [-0.2, 0) is 4.79 Å². The number of amides is 1. The van der Waals surface area contributed by atoms with Crippen molar-refractivity contribution in [2.24, 2.45) is 10.4 Å². The van der Waals surface area contributed by atoms with Crippen LogP contribution in [0.25, 0.3) is 0 Å². The smallest absolute Gasteiger partial charge is 0.227 e. The molecular weight excluding hydrogens is 280 g/mol. The number of likely N-dealkylation sites (tertiary alicyclic amines) is 1. The van der Waals surface area contributed by atoms with Gasteiger partial charge >= 0.3 is 0 Å². The van der Waals surface area contributed by atoms with Crippen LogP contribution in [-0.4, -0.2) is 46.4 Å². The molecule has 1 aromatic rings. The van der Waals surface area contributed by atoms with Crippen LogP contribution in [0.15, 0.2) is 17.4 Å². The van der Waals surface area contributed by atoms with Gasteiger partial charge in [-0.1, -0.05) is 20.8 Å². The minimum absolute atomic E-state index is 0.00476. The Morgan fingerprint density at radius 3 is 2.64 bits per heavy atom. The largest absolute Gasteiger partial charge is 0.342 e. The molecule has 1 fully saturated rings. The zero-order valence-corrected chi connectivity index (χ0v) is 13.5. The fourth-order valence-electron chi connectivity index (χ4n) is 2.59. The number of hydrogen-bond acceptors (Lipinski definition) is 3. The monoisotopic (exact) mass is 304 g/mol. The van der Waals surface area contributed by atoms with E-state index in [4.69, 9.17) is 5.41 Å². The minimum atomic E-state index is -0.326. The summed E-state index contributed by atoms with van der Waals surface area (Å²) in [6, 6.07) is 0.283. The quantitative estimate of drug-likeness (QED) is 0.648. The third kappa shape index (κ3) is 3.72. The predicted molar refractivity (Wildman–Crippen MR) is 87.4 cm³/mol. The van der Waals surface area contributed by atoms with Gasteiger partial charge in [-0.3, -0.25) is 14.9 Å². The Bertz CT molecular complexity index is 563. The number of nitrogens with zero attached hydrogens (tertiary/aromatic N) is 4. The molecule has 0 bridgehead atoms. The zero-order chi connectivity index (χ0) is 16.3. The molecule has 1 amide bonds. The summed E-state index contributed by atoms with van der Waals surface area (Å²) in [5.74, 6) is 0.212. The van der Waals surface area contributed by atoms with E-state index in [1.54, 1.807) is 6.20 Å². The van der Waals surface area contributed by atoms with Gasteiger partial charge in [0.25, 0.3) is 0 Å². The van der Waals surface area contributed by atoms with E-state index >= 15 is 0 Å². The first kappa shape index (κ1) is 16.2. The molecule has 0 aliphatic carbocycles. The van der Waals surface area contributed by atoms with Crippen LogP contribution in [0.1, 0.15) is 39.7 Å². The van der Waals surface area contributed by atoms with Gasteiger partial charge in [-0.25, -0.2) is 4.99 Å². The van der Waals surface area contributed by atoms with Crippen LogP contribution in [0.2, 0.25) is 0 Å². The summed E-state index contributed by atoms with van der Waals surface area (Å²) in [4.78, 5) is 17.7. The molecule has 22 heavy (non-hydrogen) atoms. The molecule has 2 N–H and O–H groups in total. The molecule has 0 atom stereocenters. The first-order chi connectivity index (χ1) is 10.3. The number of rotatable bonds is 2. The second-order valence-corrected chi connectivity index (χ2v) is 6.61. The molecule has 1 aliphatic rings. The predicted octanol–water partition coefficient (Wildman–Crippen LogP) is 2.14. The highest BCUT2D eigenvalue weighted by Gasteiger charge is 2.30. The lowest BCUT2D eigenvalue weighted by molar-refractivity contribution is -0.140. The Balaban J connectivity index is 1.93. The van der Waals surface area contributed by atoms with Crippen LogP contribution in [0.4, 0.5) is 5.69 Å². The van der Waals surface area contributed by atoms with Crippen LogP contribution in [0.3, 0.4) is 0 Å². The highest BCUT2D eigenvalue weighted by molar-refractivity contribution is 5.93. The summed E-state index contributed by atoms with van der Waals surface area (Å²) < 4.78 is 1.90. The van der Waals surface area contributed by atoms with Gasteiger partial charge in [0.2, 0.25) is 11.9 Å². The van der Waals surface area contributed by atoms with Crippen molar-refractivity contribution in [3.8, 4) is 0 Å². The van der Waals surface area contributed by atoms with Crippen LogP contribution in [0.5, 0.6) is 0 Å². The number of nitrogens with one attached hydrogen (secondary N) is 2. The number of guanidine groups is 1. The van der Waals surface area contributed by atoms with Gasteiger partial charge in [0.15, 0.2) is 0 Å². The number of anilines is 1. The van der Waals surface area contributed by atoms with E-state index in [1.165, 1.54) is 0 Å². The van der Waals surface area contributed by atoms with E-state index in [0.717, 1.165) is 31.6 Å². The van der Waals surface area contributed by atoms with Gasteiger partial charge in [-0.05, 0) is 19.6 Å². The summed E-state index contributed by atoms with van der Waals surface area (Å²) >= 11 is 0. The number of carbonyl (C=O) groups is 1. The number of hydrogen-bond donors (Lipinski definition) is 2. The second kappa shape index (κ2) is 6.29. The number of aliphatic imine (C=N–C) groups is 1. The molecule has 0 aromatic carbocycles. The lowest BCUT2D eigenvalue weighted by Crippen LogP contribution is -2.44. The summed E-state index contributed by atoms with van der Waals surface area (Å²) in [6.07, 6.45) is 5.32. The highest BCUT2D eigenvalue weighted by atomic mass is 16.2. The van der Waals surface area contributed by atoms with Gasteiger partial charge in [-0.15, -0.1) is 0 Å². The average Bonchev–Trinajstić information content (AvgIpc) is 2.94. The van der Waals surface area contributed by atoms with Crippen molar-refractivity contribution in [3.63, 3.8) is 0 Å². The van der Waals surface area contributed by atoms with Crippen molar-refractivity contribution >= 4 is 24.3 Å². The zero-order valence-electron chi connectivity index (χ0n) is 13.5. The normalized spacial score (nSPS) is 16.4. The highest BCUT2D eigenvalue weighted by Crippen LogP contribution is 2.26. The van der Waals surface area contributed by atoms with Gasteiger partial charge in [-0.2, -0.15) is 5.10 Å². The summed E-state index contributed by atoms with van der Waals surface area (Å²) in [6.45, 7) is 10.7. The van der Waals surface area contributed by atoms with Crippen molar-refractivity contribution in [3.05, 3.63) is 12.4 Å². The Kier molecular flexibility index (Phi) is 4.63. The summed E-state index contributed by atoms with van der Waals surface area (Å²) in [5, 5.41) is 14.6. The van der Waals surface area contributed by atoms with E-state index < -0.39 is 0 Å². The fourth-order valence-corrected chi connectivity index (χ4v) is 2.59.